The van der Waals surface area contributed by atoms with Crippen molar-refractivity contribution in [3.8, 4) is 0 Å². The van der Waals surface area contributed by atoms with Crippen molar-refractivity contribution in [3.63, 3.8) is 0 Å². The molecule has 2 nitrogen and oxygen atoms in total. The first kappa shape index (κ1) is 10.4. The van der Waals surface area contributed by atoms with Gasteiger partial charge in [-0.15, -0.1) is 0 Å². The highest BCUT2D eigenvalue weighted by Crippen LogP contribution is 2.18. The summed E-state index contributed by atoms with van der Waals surface area (Å²) >= 11 is 1.97. The largest absolute Gasteiger partial charge is 0.386 e. The Hall–Kier alpha value is -1.09. The lowest BCUT2D eigenvalue weighted by Crippen LogP contribution is -2.17. The van der Waals surface area contributed by atoms with E-state index in [2.05, 4.69) is 41.7 Å². The van der Waals surface area contributed by atoms with E-state index in [0.29, 0.717) is 5.92 Å². The topological polar surface area (TPSA) is 38.0 Å². The second kappa shape index (κ2) is 5.12. The first-order valence-corrected chi connectivity index (χ1v) is 6.33. The molecular formula is C12H16N2S. The van der Waals surface area contributed by atoms with Gasteiger partial charge >= 0.3 is 0 Å². The summed E-state index contributed by atoms with van der Waals surface area (Å²) in [5.41, 5.74) is 7.04. The third-order valence-electron chi connectivity index (χ3n) is 2.43. The van der Waals surface area contributed by atoms with Gasteiger partial charge in [-0.2, -0.15) is 11.8 Å². The zero-order valence-corrected chi connectivity index (χ0v) is 9.46. The quantitative estimate of drug-likeness (QED) is 0.814. The van der Waals surface area contributed by atoms with Crippen molar-refractivity contribution < 1.29 is 0 Å². The summed E-state index contributed by atoms with van der Waals surface area (Å²) in [5, 5.41) is 3.14. The molecule has 1 aromatic rings. The molecule has 1 heterocycles. The van der Waals surface area contributed by atoms with Crippen molar-refractivity contribution >= 4 is 11.8 Å². The number of thioether (sulfide) groups is 1. The predicted molar refractivity (Wildman–Crippen MR) is 66.4 cm³/mol. The smallest absolute Gasteiger partial charge is 0.0922 e. The van der Waals surface area contributed by atoms with Crippen LogP contribution in [0.25, 0.3) is 0 Å². The van der Waals surface area contributed by atoms with Gasteiger partial charge < -0.3 is 11.1 Å². The Bertz CT molecular complexity index is 335. The molecule has 1 aliphatic heterocycles. The minimum Gasteiger partial charge on any atom is -0.386 e. The van der Waals surface area contributed by atoms with E-state index in [-0.39, 0.29) is 0 Å². The Labute approximate surface area is 94.9 Å². The maximum atomic E-state index is 5.65. The summed E-state index contributed by atoms with van der Waals surface area (Å²) in [5.74, 6) is 3.66. The highest BCUT2D eigenvalue weighted by Gasteiger charge is 2.12. The van der Waals surface area contributed by atoms with Crippen molar-refractivity contribution in [3.05, 3.63) is 47.8 Å². The Balaban J connectivity index is 1.72. The molecule has 0 radical (unpaired) electrons. The maximum Gasteiger partial charge on any atom is 0.0922 e. The molecule has 1 aliphatic rings. The van der Waals surface area contributed by atoms with E-state index in [0.717, 1.165) is 23.9 Å². The summed E-state index contributed by atoms with van der Waals surface area (Å²) in [6.07, 6.45) is 2.12. The number of hydrogen-bond acceptors (Lipinski definition) is 3. The number of nitrogens with two attached hydrogens (primary N) is 1. The minimum absolute atomic E-state index is 0.596. The molecule has 3 N–H and O–H groups in total. The Morgan fingerprint density at radius 2 is 2.13 bits per heavy atom. The molecule has 80 valence electrons. The molecule has 0 amide bonds. The average molecular weight is 220 g/mol. The van der Waals surface area contributed by atoms with Gasteiger partial charge in [0.15, 0.2) is 0 Å². The molecule has 2 rings (SSSR count). The van der Waals surface area contributed by atoms with Gasteiger partial charge in [-0.25, -0.2) is 0 Å². The van der Waals surface area contributed by atoms with Crippen molar-refractivity contribution in [2.24, 2.45) is 11.7 Å². The summed E-state index contributed by atoms with van der Waals surface area (Å²) in [6, 6.07) is 10.6. The zero-order valence-electron chi connectivity index (χ0n) is 8.65. The summed E-state index contributed by atoms with van der Waals surface area (Å²) < 4.78 is 0. The second-order valence-electron chi connectivity index (χ2n) is 3.76. The Morgan fingerprint density at radius 3 is 2.80 bits per heavy atom. The lowest BCUT2D eigenvalue weighted by molar-refractivity contribution is 0.722. The standard InChI is InChI=1S/C12H16N2S/c13-12-6-11(7-14-12)9-15-8-10-4-2-1-3-5-10/h1-6,11,14H,7-9,13H2/t11-/m1/s1. The van der Waals surface area contributed by atoms with Crippen LogP contribution in [-0.4, -0.2) is 12.3 Å². The van der Waals surface area contributed by atoms with E-state index in [1.54, 1.807) is 0 Å². The molecule has 1 atom stereocenters. The molecule has 15 heavy (non-hydrogen) atoms. The highest BCUT2D eigenvalue weighted by molar-refractivity contribution is 7.98. The SMILES string of the molecule is NC1=C[C@@H](CSCc2ccccc2)CN1. The lowest BCUT2D eigenvalue weighted by atomic mass is 10.2. The van der Waals surface area contributed by atoms with Crippen molar-refractivity contribution in [1.29, 1.82) is 0 Å². The van der Waals surface area contributed by atoms with Crippen molar-refractivity contribution in [1.82, 2.24) is 5.32 Å². The average Bonchev–Trinajstić information content (AvgIpc) is 2.66. The van der Waals surface area contributed by atoms with Crippen molar-refractivity contribution in [2.75, 3.05) is 12.3 Å². The molecule has 0 saturated carbocycles. The van der Waals surface area contributed by atoms with Gasteiger partial charge in [0.05, 0.1) is 5.82 Å². The molecule has 0 saturated heterocycles. The van der Waals surface area contributed by atoms with Gasteiger partial charge in [-0.1, -0.05) is 30.3 Å². The zero-order chi connectivity index (χ0) is 10.5. The first-order chi connectivity index (χ1) is 7.34. The monoisotopic (exact) mass is 220 g/mol. The number of hydrogen-bond donors (Lipinski definition) is 2. The van der Waals surface area contributed by atoms with Gasteiger partial charge in [-0.3, -0.25) is 0 Å². The maximum absolute atomic E-state index is 5.65. The van der Waals surface area contributed by atoms with E-state index in [4.69, 9.17) is 5.73 Å². The summed E-state index contributed by atoms with van der Waals surface area (Å²) in [4.78, 5) is 0. The third-order valence-corrected chi connectivity index (χ3v) is 3.63. The van der Waals surface area contributed by atoms with Crippen LogP contribution in [0.15, 0.2) is 42.2 Å². The van der Waals surface area contributed by atoms with E-state index < -0.39 is 0 Å². The van der Waals surface area contributed by atoms with Gasteiger partial charge in [0.25, 0.3) is 0 Å². The molecule has 0 aliphatic carbocycles. The van der Waals surface area contributed by atoms with Crippen LogP contribution < -0.4 is 11.1 Å². The van der Waals surface area contributed by atoms with Crippen LogP contribution in [0.2, 0.25) is 0 Å². The van der Waals surface area contributed by atoms with E-state index >= 15 is 0 Å². The summed E-state index contributed by atoms with van der Waals surface area (Å²) in [7, 11) is 0. The lowest BCUT2D eigenvalue weighted by Gasteiger charge is -2.06. The van der Waals surface area contributed by atoms with Gasteiger partial charge in [0.1, 0.15) is 0 Å². The van der Waals surface area contributed by atoms with Crippen LogP contribution in [0.5, 0.6) is 0 Å². The van der Waals surface area contributed by atoms with Gasteiger partial charge in [-0.05, 0) is 11.6 Å². The summed E-state index contributed by atoms with van der Waals surface area (Å²) in [6.45, 7) is 0.994. The van der Waals surface area contributed by atoms with Crippen molar-refractivity contribution in [2.45, 2.75) is 5.75 Å². The molecule has 0 bridgehead atoms. The van der Waals surface area contributed by atoms with Crippen LogP contribution in [-0.2, 0) is 5.75 Å². The number of benzene rings is 1. The van der Waals surface area contributed by atoms with Crippen LogP contribution >= 0.6 is 11.8 Å². The number of nitrogens with one attached hydrogen (secondary N) is 1. The predicted octanol–water partition coefficient (Wildman–Crippen LogP) is 1.94. The Kier molecular flexibility index (Phi) is 3.56. The van der Waals surface area contributed by atoms with Crippen LogP contribution in [0.3, 0.4) is 0 Å². The third kappa shape index (κ3) is 3.20. The van der Waals surface area contributed by atoms with Gasteiger partial charge in [0.2, 0.25) is 0 Å². The second-order valence-corrected chi connectivity index (χ2v) is 4.79. The molecule has 1 aromatic carbocycles. The minimum atomic E-state index is 0.596. The normalized spacial score (nSPS) is 19.7. The fourth-order valence-corrected chi connectivity index (χ4v) is 2.69. The van der Waals surface area contributed by atoms with Crippen LogP contribution in [0.1, 0.15) is 5.56 Å². The fraction of sp³-hybridized carbons (Fsp3) is 0.333. The van der Waals surface area contributed by atoms with Crippen LogP contribution in [0, 0.1) is 5.92 Å². The fourth-order valence-electron chi connectivity index (χ4n) is 1.63. The molecule has 0 fully saturated rings. The molecule has 0 aromatic heterocycles. The van der Waals surface area contributed by atoms with E-state index in [9.17, 15) is 0 Å². The first-order valence-electron chi connectivity index (χ1n) is 5.17. The molecule has 3 heteroatoms. The Morgan fingerprint density at radius 1 is 1.33 bits per heavy atom. The van der Waals surface area contributed by atoms with E-state index in [1.807, 2.05) is 11.8 Å². The molecule has 0 spiro atoms. The van der Waals surface area contributed by atoms with Gasteiger partial charge in [0, 0.05) is 24.0 Å². The van der Waals surface area contributed by atoms with Crippen LogP contribution in [0.4, 0.5) is 0 Å². The number of rotatable bonds is 4. The van der Waals surface area contributed by atoms with E-state index in [1.165, 1.54) is 5.56 Å². The molecular weight excluding hydrogens is 204 g/mol. The highest BCUT2D eigenvalue weighted by atomic mass is 32.2. The molecule has 0 unspecified atom stereocenters.